The number of methoxy groups -OCH3 is 1. The van der Waals surface area contributed by atoms with E-state index < -0.39 is 17.5 Å². The standard InChI is InChI=1S/C25H25N5O5/c1-34-17-3-2-15-12-30(22(31)18(15)10-17)13-25(23(32)28-24(33)29-25)21-9-16-8-19(27-11-20(16)35-21)14-4-6-26-7-5-14/h2-3,8-11,14,26H,4-7,12-13H2,1H3,(H2,28,29,32,33). The maximum absolute atomic E-state index is 13.2. The number of benzene rings is 1. The SMILES string of the molecule is COc1ccc2c(c1)C(=O)N(CC1(c3cc4cc(C5CCNCC5)ncc4o3)NC(=O)NC1=O)C2. The second-order valence-corrected chi connectivity index (χ2v) is 9.28. The van der Waals surface area contributed by atoms with E-state index in [9.17, 15) is 14.4 Å². The summed E-state index contributed by atoms with van der Waals surface area (Å²) in [6.45, 7) is 2.14. The van der Waals surface area contributed by atoms with Crippen LogP contribution in [0.5, 0.6) is 5.75 Å². The molecule has 4 amide bonds. The summed E-state index contributed by atoms with van der Waals surface area (Å²) in [5.41, 5.74) is 1.30. The number of urea groups is 1. The van der Waals surface area contributed by atoms with Gasteiger partial charge in [0.25, 0.3) is 11.8 Å². The van der Waals surface area contributed by atoms with E-state index >= 15 is 0 Å². The summed E-state index contributed by atoms with van der Waals surface area (Å²) < 4.78 is 11.3. The maximum Gasteiger partial charge on any atom is 0.322 e. The first-order valence-electron chi connectivity index (χ1n) is 11.7. The van der Waals surface area contributed by atoms with Crippen molar-refractivity contribution in [1.82, 2.24) is 25.8 Å². The van der Waals surface area contributed by atoms with E-state index in [0.29, 0.717) is 29.4 Å². The van der Waals surface area contributed by atoms with E-state index in [1.807, 2.05) is 12.1 Å². The lowest BCUT2D eigenvalue weighted by Gasteiger charge is -2.29. The third-order valence-electron chi connectivity index (χ3n) is 7.17. The average Bonchev–Trinajstić information content (AvgIpc) is 3.53. The van der Waals surface area contributed by atoms with Crippen molar-refractivity contribution in [3.05, 3.63) is 59.1 Å². The molecular formula is C25H25N5O5. The lowest BCUT2D eigenvalue weighted by molar-refractivity contribution is -0.125. The number of nitrogens with one attached hydrogen (secondary N) is 3. The third-order valence-corrected chi connectivity index (χ3v) is 7.17. The quantitative estimate of drug-likeness (QED) is 0.482. The van der Waals surface area contributed by atoms with E-state index in [1.54, 1.807) is 36.4 Å². The van der Waals surface area contributed by atoms with Gasteiger partial charge in [-0.25, -0.2) is 4.79 Å². The first-order valence-corrected chi connectivity index (χ1v) is 11.7. The zero-order chi connectivity index (χ0) is 24.2. The summed E-state index contributed by atoms with van der Waals surface area (Å²) in [6.07, 6.45) is 3.68. The number of carbonyl (C=O) groups is 3. The highest BCUT2D eigenvalue weighted by molar-refractivity contribution is 6.08. The summed E-state index contributed by atoms with van der Waals surface area (Å²) in [5, 5.41) is 9.20. The molecule has 2 fully saturated rings. The topological polar surface area (TPSA) is 126 Å². The molecule has 0 aliphatic carbocycles. The molecule has 0 bridgehead atoms. The van der Waals surface area contributed by atoms with Crippen molar-refractivity contribution in [3.8, 4) is 5.75 Å². The van der Waals surface area contributed by atoms with E-state index in [0.717, 1.165) is 42.6 Å². The predicted octanol–water partition coefficient (Wildman–Crippen LogP) is 1.99. The summed E-state index contributed by atoms with van der Waals surface area (Å²) >= 11 is 0. The molecule has 3 aromatic rings. The van der Waals surface area contributed by atoms with Gasteiger partial charge in [0.1, 0.15) is 11.5 Å². The Morgan fingerprint density at radius 1 is 1.17 bits per heavy atom. The molecule has 2 saturated heterocycles. The number of pyridine rings is 1. The Morgan fingerprint density at radius 2 is 2.00 bits per heavy atom. The van der Waals surface area contributed by atoms with Crippen molar-refractivity contribution in [2.75, 3.05) is 26.7 Å². The first kappa shape index (κ1) is 21.6. The van der Waals surface area contributed by atoms with Gasteiger partial charge in [-0.3, -0.25) is 19.9 Å². The van der Waals surface area contributed by atoms with Crippen LogP contribution in [-0.4, -0.2) is 54.5 Å². The van der Waals surface area contributed by atoms with Crippen LogP contribution in [0.15, 0.2) is 40.9 Å². The Balaban J connectivity index is 1.35. The van der Waals surface area contributed by atoms with Gasteiger partial charge in [0.2, 0.25) is 0 Å². The zero-order valence-electron chi connectivity index (χ0n) is 19.2. The largest absolute Gasteiger partial charge is 0.497 e. The molecule has 3 aliphatic heterocycles. The number of aromatic nitrogens is 1. The van der Waals surface area contributed by atoms with Crippen molar-refractivity contribution in [2.45, 2.75) is 30.8 Å². The number of hydrogen-bond donors (Lipinski definition) is 3. The van der Waals surface area contributed by atoms with E-state index in [-0.39, 0.29) is 18.2 Å². The highest BCUT2D eigenvalue weighted by Gasteiger charge is 2.53. The van der Waals surface area contributed by atoms with Crippen LogP contribution in [0.1, 0.15) is 46.1 Å². The van der Waals surface area contributed by atoms with Gasteiger partial charge in [0.15, 0.2) is 11.1 Å². The second-order valence-electron chi connectivity index (χ2n) is 9.28. The van der Waals surface area contributed by atoms with Gasteiger partial charge in [-0.15, -0.1) is 0 Å². The molecule has 5 heterocycles. The van der Waals surface area contributed by atoms with Crippen LogP contribution in [0.4, 0.5) is 4.79 Å². The number of hydrogen-bond acceptors (Lipinski definition) is 7. The Kier molecular flexibility index (Phi) is 4.99. The van der Waals surface area contributed by atoms with Gasteiger partial charge in [0, 0.05) is 29.1 Å². The number of furan rings is 1. The summed E-state index contributed by atoms with van der Waals surface area (Å²) in [4.78, 5) is 44.7. The lowest BCUT2D eigenvalue weighted by atomic mass is 9.93. The fourth-order valence-corrected chi connectivity index (χ4v) is 5.25. The number of ether oxygens (including phenoxy) is 1. The normalized spacial score (nSPS) is 22.4. The van der Waals surface area contributed by atoms with Crippen molar-refractivity contribution in [2.24, 2.45) is 0 Å². The van der Waals surface area contributed by atoms with Crippen molar-refractivity contribution < 1.29 is 23.5 Å². The van der Waals surface area contributed by atoms with Crippen LogP contribution >= 0.6 is 0 Å². The maximum atomic E-state index is 13.2. The Labute approximate surface area is 201 Å². The fourth-order valence-electron chi connectivity index (χ4n) is 5.25. The molecule has 1 unspecified atom stereocenters. The minimum absolute atomic E-state index is 0.0746. The van der Waals surface area contributed by atoms with Crippen molar-refractivity contribution >= 4 is 28.8 Å². The monoisotopic (exact) mass is 475 g/mol. The number of carbonyl (C=O) groups excluding carboxylic acids is 3. The molecule has 6 rings (SSSR count). The molecule has 10 heteroatoms. The van der Waals surface area contributed by atoms with Gasteiger partial charge in [-0.2, -0.15) is 0 Å². The Hall–Kier alpha value is -3.92. The average molecular weight is 476 g/mol. The number of fused-ring (bicyclic) bond motifs is 2. The van der Waals surface area contributed by atoms with Gasteiger partial charge in [-0.1, -0.05) is 6.07 Å². The van der Waals surface area contributed by atoms with Crippen LogP contribution in [-0.2, 0) is 16.9 Å². The number of rotatable bonds is 5. The van der Waals surface area contributed by atoms with Crippen molar-refractivity contribution in [1.29, 1.82) is 0 Å². The Morgan fingerprint density at radius 3 is 2.74 bits per heavy atom. The molecule has 2 aromatic heterocycles. The van der Waals surface area contributed by atoms with E-state index in [2.05, 4.69) is 20.9 Å². The first-order chi connectivity index (χ1) is 17.0. The number of nitrogens with zero attached hydrogens (tertiary/aromatic N) is 2. The molecule has 1 aromatic carbocycles. The highest BCUT2D eigenvalue weighted by atomic mass is 16.5. The molecule has 35 heavy (non-hydrogen) atoms. The van der Waals surface area contributed by atoms with Gasteiger partial charge >= 0.3 is 6.03 Å². The molecular weight excluding hydrogens is 450 g/mol. The van der Waals surface area contributed by atoms with Crippen LogP contribution < -0.4 is 20.7 Å². The third kappa shape index (κ3) is 3.52. The minimum atomic E-state index is -1.55. The van der Waals surface area contributed by atoms with Gasteiger partial charge in [-0.05, 0) is 55.8 Å². The molecule has 3 aliphatic rings. The lowest BCUT2D eigenvalue weighted by Crippen LogP contribution is -2.52. The van der Waals surface area contributed by atoms with Gasteiger partial charge in [0.05, 0.1) is 19.9 Å². The Bertz CT molecular complexity index is 1360. The van der Waals surface area contributed by atoms with Crippen LogP contribution in [0.25, 0.3) is 11.0 Å². The zero-order valence-corrected chi connectivity index (χ0v) is 19.2. The summed E-state index contributed by atoms with van der Waals surface area (Å²) in [5.74, 6) is 0.407. The number of amides is 4. The van der Waals surface area contributed by atoms with E-state index in [1.165, 1.54) is 0 Å². The minimum Gasteiger partial charge on any atom is -0.497 e. The second kappa shape index (κ2) is 8.09. The smallest absolute Gasteiger partial charge is 0.322 e. The predicted molar refractivity (Wildman–Crippen MR) is 125 cm³/mol. The highest BCUT2D eigenvalue weighted by Crippen LogP contribution is 2.36. The summed E-state index contributed by atoms with van der Waals surface area (Å²) in [7, 11) is 1.54. The molecule has 0 spiro atoms. The number of piperidine rings is 1. The molecule has 3 N–H and O–H groups in total. The van der Waals surface area contributed by atoms with Crippen LogP contribution in [0, 0.1) is 0 Å². The van der Waals surface area contributed by atoms with E-state index in [4.69, 9.17) is 9.15 Å². The molecule has 0 saturated carbocycles. The van der Waals surface area contributed by atoms with Crippen molar-refractivity contribution in [3.63, 3.8) is 0 Å². The molecule has 0 radical (unpaired) electrons. The molecule has 180 valence electrons. The summed E-state index contributed by atoms with van der Waals surface area (Å²) in [6, 6.07) is 8.44. The molecule has 1 atom stereocenters. The van der Waals surface area contributed by atoms with Gasteiger partial charge < -0.3 is 24.7 Å². The number of imide groups is 1. The molecule has 10 nitrogen and oxygen atoms in total. The fraction of sp³-hybridized carbons (Fsp3) is 0.360. The van der Waals surface area contributed by atoms with Crippen LogP contribution in [0.2, 0.25) is 0 Å². The van der Waals surface area contributed by atoms with Crippen LogP contribution in [0.3, 0.4) is 0 Å².